The Balaban J connectivity index is 5.29. The number of esters is 4. The van der Waals surface area contributed by atoms with Gasteiger partial charge in [0, 0.05) is 25.7 Å². The molecule has 0 aliphatic heterocycles. The molecule has 0 bridgehead atoms. The van der Waals surface area contributed by atoms with Gasteiger partial charge in [0.15, 0.2) is 12.2 Å². The summed E-state index contributed by atoms with van der Waals surface area (Å²) in [6.07, 6.45) is 44.0. The molecule has 0 radical (unpaired) electrons. The van der Waals surface area contributed by atoms with Gasteiger partial charge < -0.3 is 33.8 Å². The number of carbonyl (C=O) groups excluding carboxylic acids is 4. The summed E-state index contributed by atoms with van der Waals surface area (Å²) in [6, 6.07) is 0. The minimum absolute atomic E-state index is 0.0835. The molecule has 17 nitrogen and oxygen atoms in total. The lowest BCUT2D eigenvalue weighted by Crippen LogP contribution is -2.30. The van der Waals surface area contributed by atoms with Gasteiger partial charge >= 0.3 is 39.5 Å². The number of allylic oxidation sites excluding steroid dienone is 4. The van der Waals surface area contributed by atoms with E-state index in [1.54, 1.807) is 0 Å². The number of aliphatic hydroxyl groups is 1. The Hall–Kier alpha value is -2.46. The molecule has 512 valence electrons. The predicted molar refractivity (Wildman–Crippen MR) is 349 cm³/mol. The number of rotatable bonds is 64. The molecule has 0 spiro atoms. The lowest BCUT2D eigenvalue weighted by molar-refractivity contribution is -0.161. The van der Waals surface area contributed by atoms with Gasteiger partial charge in [-0.3, -0.25) is 37.3 Å². The molecule has 3 unspecified atom stereocenters. The first-order valence-corrected chi connectivity index (χ1v) is 37.7. The Morgan fingerprint density at radius 3 is 1.02 bits per heavy atom. The van der Waals surface area contributed by atoms with Crippen LogP contribution in [0.5, 0.6) is 0 Å². The van der Waals surface area contributed by atoms with Gasteiger partial charge in [-0.05, 0) is 69.1 Å². The lowest BCUT2D eigenvalue weighted by atomic mass is 10.00. The molecular formula is C68H128O17P2. The highest BCUT2D eigenvalue weighted by Gasteiger charge is 2.30. The number of aliphatic hydroxyl groups excluding tert-OH is 1. The summed E-state index contributed by atoms with van der Waals surface area (Å²) < 4.78 is 68.1. The Bertz CT molecular complexity index is 1810. The highest BCUT2D eigenvalue weighted by molar-refractivity contribution is 7.47. The van der Waals surface area contributed by atoms with E-state index in [1.807, 2.05) is 0 Å². The molecule has 0 heterocycles. The summed E-state index contributed by atoms with van der Waals surface area (Å²) >= 11 is 0. The maximum absolute atomic E-state index is 13.0. The van der Waals surface area contributed by atoms with Crippen LogP contribution in [0.1, 0.15) is 312 Å². The maximum atomic E-state index is 13.0. The van der Waals surface area contributed by atoms with Crippen LogP contribution >= 0.6 is 15.6 Å². The number of ether oxygens (including phenoxy) is 4. The zero-order valence-corrected chi connectivity index (χ0v) is 57.7. The van der Waals surface area contributed by atoms with Crippen molar-refractivity contribution in [3.05, 3.63) is 24.3 Å². The molecule has 0 fully saturated rings. The number of hydrogen-bond acceptors (Lipinski definition) is 15. The topological polar surface area (TPSA) is 237 Å². The third-order valence-electron chi connectivity index (χ3n) is 15.4. The van der Waals surface area contributed by atoms with Gasteiger partial charge in [-0.1, -0.05) is 259 Å². The Morgan fingerprint density at radius 2 is 0.678 bits per heavy atom. The van der Waals surface area contributed by atoms with E-state index in [0.717, 1.165) is 127 Å². The second kappa shape index (κ2) is 58.6. The van der Waals surface area contributed by atoms with E-state index in [4.69, 9.17) is 37.0 Å². The Labute approximate surface area is 529 Å². The minimum atomic E-state index is -4.96. The summed E-state index contributed by atoms with van der Waals surface area (Å²) in [5.41, 5.74) is 0. The predicted octanol–water partition coefficient (Wildman–Crippen LogP) is 18.6. The summed E-state index contributed by atoms with van der Waals surface area (Å²) in [5.74, 6) is 0.00248. The molecule has 0 rings (SSSR count). The third-order valence-corrected chi connectivity index (χ3v) is 17.3. The molecule has 0 saturated carbocycles. The van der Waals surface area contributed by atoms with Crippen LogP contribution in [0.4, 0.5) is 0 Å². The van der Waals surface area contributed by atoms with E-state index >= 15 is 0 Å². The number of carbonyl (C=O) groups is 4. The standard InChI is InChI=1S/C68H128O17P2/c1-8-10-11-12-13-14-15-16-17-18-19-22-27-37-44-51-67(72)85-64(56-79-66(71)50-43-36-31-30-34-41-48-61(7)9-2)58-83-87(76,77)81-54-62(69)53-80-86(74,75)82-57-63(55-78-65(70)49-42-35-29-24-26-33-40-47-60(5)6)84-68(73)52-45-38-28-23-20-21-25-32-39-46-59(3)4/h14-17,59-64,69H,8-13,18-58H2,1-7H3,(H,74,75)(H,76,77)/b15-14-,17-16-/t61?,62-,63-,64-/m1/s1. The van der Waals surface area contributed by atoms with Crippen molar-refractivity contribution < 1.29 is 80.2 Å². The molecule has 0 amide bonds. The second-order valence-electron chi connectivity index (χ2n) is 25.1. The number of phosphoric acid groups is 2. The van der Waals surface area contributed by atoms with E-state index in [1.165, 1.54) is 96.3 Å². The maximum Gasteiger partial charge on any atom is 0.472 e. The van der Waals surface area contributed by atoms with Crippen LogP contribution in [0.15, 0.2) is 24.3 Å². The molecule has 0 saturated heterocycles. The highest BCUT2D eigenvalue weighted by atomic mass is 31.2. The summed E-state index contributed by atoms with van der Waals surface area (Å²) in [7, 11) is -9.91. The lowest BCUT2D eigenvalue weighted by Gasteiger charge is -2.21. The van der Waals surface area contributed by atoms with E-state index in [-0.39, 0.29) is 25.7 Å². The minimum Gasteiger partial charge on any atom is -0.462 e. The third kappa shape index (κ3) is 60.9. The molecule has 0 aromatic carbocycles. The average Bonchev–Trinajstić information content (AvgIpc) is 3.54. The van der Waals surface area contributed by atoms with E-state index < -0.39 is 97.5 Å². The normalized spacial score (nSPS) is 14.8. The van der Waals surface area contributed by atoms with Crippen molar-refractivity contribution in [1.82, 2.24) is 0 Å². The van der Waals surface area contributed by atoms with Crippen LogP contribution < -0.4 is 0 Å². The Kier molecular flexibility index (Phi) is 57.0. The van der Waals surface area contributed by atoms with Crippen LogP contribution in [0.25, 0.3) is 0 Å². The van der Waals surface area contributed by atoms with Crippen LogP contribution in [0.3, 0.4) is 0 Å². The Morgan fingerprint density at radius 1 is 0.379 bits per heavy atom. The van der Waals surface area contributed by atoms with Crippen molar-refractivity contribution in [2.45, 2.75) is 330 Å². The van der Waals surface area contributed by atoms with Gasteiger partial charge in [-0.15, -0.1) is 0 Å². The smallest absolute Gasteiger partial charge is 0.462 e. The highest BCUT2D eigenvalue weighted by Crippen LogP contribution is 2.45. The van der Waals surface area contributed by atoms with Gasteiger partial charge in [-0.2, -0.15) is 0 Å². The van der Waals surface area contributed by atoms with Crippen molar-refractivity contribution in [2.75, 3.05) is 39.6 Å². The van der Waals surface area contributed by atoms with Crippen LogP contribution in [0.2, 0.25) is 0 Å². The van der Waals surface area contributed by atoms with Crippen molar-refractivity contribution in [1.29, 1.82) is 0 Å². The number of unbranched alkanes of at least 4 members (excludes halogenated alkanes) is 28. The summed E-state index contributed by atoms with van der Waals surface area (Å²) in [6.45, 7) is 11.6. The molecule has 0 aromatic rings. The second-order valence-corrected chi connectivity index (χ2v) is 28.0. The zero-order chi connectivity index (χ0) is 64.5. The van der Waals surface area contributed by atoms with Crippen LogP contribution in [-0.2, 0) is 65.4 Å². The molecular weight excluding hydrogens is 1150 g/mol. The monoisotopic (exact) mass is 1280 g/mol. The number of phosphoric ester groups is 2. The number of hydrogen-bond donors (Lipinski definition) is 3. The zero-order valence-electron chi connectivity index (χ0n) is 56.0. The molecule has 3 N–H and O–H groups in total. The molecule has 87 heavy (non-hydrogen) atoms. The van der Waals surface area contributed by atoms with Crippen LogP contribution in [-0.4, -0.2) is 96.7 Å². The molecule has 0 aliphatic carbocycles. The first-order chi connectivity index (χ1) is 41.8. The van der Waals surface area contributed by atoms with Crippen LogP contribution in [0, 0.1) is 17.8 Å². The quantitative estimate of drug-likeness (QED) is 0.0169. The fourth-order valence-electron chi connectivity index (χ4n) is 9.61. The van der Waals surface area contributed by atoms with Crippen molar-refractivity contribution >= 4 is 39.5 Å². The molecule has 19 heteroatoms. The van der Waals surface area contributed by atoms with Gasteiger partial charge in [-0.25, -0.2) is 9.13 Å². The van der Waals surface area contributed by atoms with Crippen molar-refractivity contribution in [3.8, 4) is 0 Å². The fraction of sp³-hybridized carbons (Fsp3) is 0.882. The molecule has 0 aliphatic rings. The molecule has 6 atom stereocenters. The van der Waals surface area contributed by atoms with Crippen molar-refractivity contribution in [3.63, 3.8) is 0 Å². The molecule has 0 aromatic heterocycles. The van der Waals surface area contributed by atoms with Gasteiger partial charge in [0.2, 0.25) is 0 Å². The van der Waals surface area contributed by atoms with Gasteiger partial charge in [0.25, 0.3) is 0 Å². The van der Waals surface area contributed by atoms with E-state index in [2.05, 4.69) is 72.8 Å². The SMILES string of the molecule is CCCCCC/C=C\C=C/CCCCCCCC(=O)O[C@H](COC(=O)CCCCCCCCC(C)CC)COP(=O)(O)OC[C@H](O)COP(=O)(O)OC[C@@H](COC(=O)CCCCCCCCCC(C)C)OC(=O)CCCCCCCCCCCC(C)C. The first kappa shape index (κ1) is 84.5. The first-order valence-electron chi connectivity index (χ1n) is 34.7. The van der Waals surface area contributed by atoms with Gasteiger partial charge in [0.1, 0.15) is 19.3 Å². The summed E-state index contributed by atoms with van der Waals surface area (Å²) in [5, 5.41) is 10.6. The summed E-state index contributed by atoms with van der Waals surface area (Å²) in [4.78, 5) is 72.4. The largest absolute Gasteiger partial charge is 0.472 e. The fourth-order valence-corrected chi connectivity index (χ4v) is 11.2. The average molecular weight is 1280 g/mol. The van der Waals surface area contributed by atoms with Crippen molar-refractivity contribution in [2.24, 2.45) is 17.8 Å². The van der Waals surface area contributed by atoms with Gasteiger partial charge in [0.05, 0.1) is 26.4 Å². The van der Waals surface area contributed by atoms with E-state index in [0.29, 0.717) is 31.6 Å². The van der Waals surface area contributed by atoms with E-state index in [9.17, 15) is 43.2 Å².